The van der Waals surface area contributed by atoms with Gasteiger partial charge in [0.05, 0.1) is 5.03 Å². The largest absolute Gasteiger partial charge is 0.334 e. The SMILES string of the molecule is C=C(Cl)C=N/C(=C\C)c1noc(-c2cc(F)cc(Cl)c2)n1.CC. The highest BCUT2D eigenvalue weighted by atomic mass is 35.5. The standard InChI is InChI=1S/C14H10Cl2FN3O.C2H6/c1-3-12(18-7-8(2)15)13-19-14(21-20-13)9-4-10(16)6-11(17)5-9;1-2/h3-7H,2H2,1H3;1-2H3/b12-3-,18-7?;. The minimum atomic E-state index is -0.486. The molecule has 1 aromatic carbocycles. The summed E-state index contributed by atoms with van der Waals surface area (Å²) < 4.78 is 18.4. The molecular formula is C16H16Cl2FN3O. The lowest BCUT2D eigenvalue weighted by molar-refractivity contribution is 0.428. The lowest BCUT2D eigenvalue weighted by Gasteiger charge is -1.96. The van der Waals surface area contributed by atoms with Crippen LogP contribution < -0.4 is 0 Å². The first-order valence-corrected chi connectivity index (χ1v) is 7.60. The molecule has 0 amide bonds. The monoisotopic (exact) mass is 355 g/mol. The van der Waals surface area contributed by atoms with E-state index in [0.717, 1.165) is 0 Å². The summed E-state index contributed by atoms with van der Waals surface area (Å²) in [6.45, 7) is 9.26. The van der Waals surface area contributed by atoms with E-state index in [4.69, 9.17) is 27.7 Å². The predicted octanol–water partition coefficient (Wildman–Crippen LogP) is 5.74. The van der Waals surface area contributed by atoms with Gasteiger partial charge in [0.15, 0.2) is 0 Å². The fraction of sp³-hybridized carbons (Fsp3) is 0.188. The zero-order valence-corrected chi connectivity index (χ0v) is 14.5. The van der Waals surface area contributed by atoms with Gasteiger partial charge in [0.1, 0.15) is 11.5 Å². The molecule has 0 saturated carbocycles. The lowest BCUT2D eigenvalue weighted by Crippen LogP contribution is -1.86. The van der Waals surface area contributed by atoms with Crippen LogP contribution in [0.15, 0.2) is 45.4 Å². The van der Waals surface area contributed by atoms with Crippen molar-refractivity contribution in [3.05, 3.63) is 52.6 Å². The smallest absolute Gasteiger partial charge is 0.258 e. The quantitative estimate of drug-likeness (QED) is 0.657. The molecular weight excluding hydrogens is 340 g/mol. The highest BCUT2D eigenvalue weighted by molar-refractivity contribution is 6.39. The Morgan fingerprint density at radius 2 is 2.04 bits per heavy atom. The Balaban J connectivity index is 0.00000127. The summed E-state index contributed by atoms with van der Waals surface area (Å²) in [5.74, 6) is -0.0901. The van der Waals surface area contributed by atoms with Crippen molar-refractivity contribution in [3.63, 3.8) is 0 Å². The van der Waals surface area contributed by atoms with Gasteiger partial charge in [0.25, 0.3) is 5.89 Å². The minimum Gasteiger partial charge on any atom is -0.334 e. The second kappa shape index (κ2) is 9.22. The summed E-state index contributed by atoms with van der Waals surface area (Å²) in [7, 11) is 0. The molecule has 0 unspecified atom stereocenters. The Kier molecular flexibility index (Phi) is 7.65. The highest BCUT2D eigenvalue weighted by Gasteiger charge is 2.13. The molecule has 0 saturated heterocycles. The second-order valence-corrected chi connectivity index (χ2v) is 4.88. The number of allylic oxidation sites excluding steroid dienone is 2. The number of aromatic nitrogens is 2. The molecule has 23 heavy (non-hydrogen) atoms. The van der Waals surface area contributed by atoms with Gasteiger partial charge < -0.3 is 4.52 Å². The van der Waals surface area contributed by atoms with Gasteiger partial charge in [-0.2, -0.15) is 4.98 Å². The van der Waals surface area contributed by atoms with Crippen molar-refractivity contribution >= 4 is 35.1 Å². The number of rotatable bonds is 4. The van der Waals surface area contributed by atoms with Crippen molar-refractivity contribution in [2.45, 2.75) is 20.8 Å². The van der Waals surface area contributed by atoms with Crippen LogP contribution in [0.4, 0.5) is 4.39 Å². The first kappa shape index (κ1) is 19.1. The molecule has 0 bridgehead atoms. The van der Waals surface area contributed by atoms with E-state index in [2.05, 4.69) is 21.7 Å². The fourth-order valence-corrected chi connectivity index (χ4v) is 1.79. The Morgan fingerprint density at radius 1 is 1.35 bits per heavy atom. The third-order valence-corrected chi connectivity index (χ3v) is 2.70. The number of benzene rings is 1. The molecule has 2 aromatic rings. The van der Waals surface area contributed by atoms with Crippen LogP contribution in [0.5, 0.6) is 0 Å². The maximum absolute atomic E-state index is 13.3. The maximum Gasteiger partial charge on any atom is 0.258 e. The molecule has 0 radical (unpaired) electrons. The topological polar surface area (TPSA) is 51.3 Å². The highest BCUT2D eigenvalue weighted by Crippen LogP contribution is 2.24. The van der Waals surface area contributed by atoms with Crippen LogP contribution in [-0.2, 0) is 0 Å². The van der Waals surface area contributed by atoms with Gasteiger partial charge in [-0.3, -0.25) is 4.99 Å². The van der Waals surface area contributed by atoms with Crippen LogP contribution in [0, 0.1) is 5.82 Å². The molecule has 0 aliphatic carbocycles. The average Bonchev–Trinajstić information content (AvgIpc) is 2.98. The van der Waals surface area contributed by atoms with Crippen molar-refractivity contribution in [2.75, 3.05) is 0 Å². The summed E-state index contributed by atoms with van der Waals surface area (Å²) in [6, 6.07) is 3.97. The predicted molar refractivity (Wildman–Crippen MR) is 93.2 cm³/mol. The third kappa shape index (κ3) is 5.62. The third-order valence-electron chi connectivity index (χ3n) is 2.38. The van der Waals surface area contributed by atoms with Crippen LogP contribution in [0.3, 0.4) is 0 Å². The molecule has 122 valence electrons. The number of halogens is 3. The molecule has 2 rings (SSSR count). The fourth-order valence-electron chi connectivity index (χ4n) is 1.52. The van der Waals surface area contributed by atoms with Crippen LogP contribution in [0.1, 0.15) is 26.6 Å². The molecule has 7 heteroatoms. The second-order valence-electron chi connectivity index (χ2n) is 3.96. The Hall–Kier alpha value is -1.98. The molecule has 4 nitrogen and oxygen atoms in total. The normalized spacial score (nSPS) is 11.3. The van der Waals surface area contributed by atoms with E-state index >= 15 is 0 Å². The summed E-state index contributed by atoms with van der Waals surface area (Å²) in [6.07, 6.45) is 3.05. The van der Waals surface area contributed by atoms with Crippen molar-refractivity contribution in [1.82, 2.24) is 10.1 Å². The van der Waals surface area contributed by atoms with E-state index in [1.807, 2.05) is 13.8 Å². The van der Waals surface area contributed by atoms with Crippen molar-refractivity contribution in [2.24, 2.45) is 4.99 Å². The van der Waals surface area contributed by atoms with Gasteiger partial charge in [-0.25, -0.2) is 4.39 Å². The zero-order chi connectivity index (χ0) is 17.4. The summed E-state index contributed by atoms with van der Waals surface area (Å²) >= 11 is 11.4. The lowest BCUT2D eigenvalue weighted by atomic mass is 10.2. The van der Waals surface area contributed by atoms with E-state index in [9.17, 15) is 4.39 Å². The number of aliphatic imine (C=N–C) groups is 1. The Bertz CT molecular complexity index is 718. The van der Waals surface area contributed by atoms with E-state index < -0.39 is 5.82 Å². The zero-order valence-electron chi connectivity index (χ0n) is 13.0. The summed E-state index contributed by atoms with van der Waals surface area (Å²) in [4.78, 5) is 8.23. The van der Waals surface area contributed by atoms with Gasteiger partial charge in [-0.1, -0.05) is 54.9 Å². The molecule has 1 heterocycles. The van der Waals surface area contributed by atoms with Crippen LogP contribution in [0.2, 0.25) is 5.02 Å². The number of hydrogen-bond donors (Lipinski definition) is 0. The Morgan fingerprint density at radius 3 is 2.61 bits per heavy atom. The summed E-state index contributed by atoms with van der Waals surface area (Å²) in [5, 5.41) is 4.31. The number of hydrogen-bond acceptors (Lipinski definition) is 4. The van der Waals surface area contributed by atoms with E-state index in [-0.39, 0.29) is 21.8 Å². The van der Waals surface area contributed by atoms with Gasteiger partial charge in [0.2, 0.25) is 5.82 Å². The molecule has 0 N–H and O–H groups in total. The van der Waals surface area contributed by atoms with E-state index in [0.29, 0.717) is 11.3 Å². The van der Waals surface area contributed by atoms with Crippen molar-refractivity contribution in [1.29, 1.82) is 0 Å². The number of nitrogens with zero attached hydrogens (tertiary/aromatic N) is 3. The van der Waals surface area contributed by atoms with Gasteiger partial charge >= 0.3 is 0 Å². The average molecular weight is 356 g/mol. The molecule has 0 fully saturated rings. The summed E-state index contributed by atoms with van der Waals surface area (Å²) in [5.41, 5.74) is 0.842. The molecule has 0 atom stereocenters. The molecule has 1 aromatic heterocycles. The van der Waals surface area contributed by atoms with Crippen molar-refractivity contribution < 1.29 is 8.91 Å². The minimum absolute atomic E-state index is 0.144. The van der Waals surface area contributed by atoms with Gasteiger partial charge in [-0.05, 0) is 25.1 Å². The van der Waals surface area contributed by atoms with Crippen LogP contribution >= 0.6 is 23.2 Å². The maximum atomic E-state index is 13.3. The van der Waals surface area contributed by atoms with Gasteiger partial charge in [-0.15, -0.1) is 0 Å². The first-order chi connectivity index (χ1) is 11.0. The van der Waals surface area contributed by atoms with E-state index in [1.165, 1.54) is 24.4 Å². The molecule has 0 aliphatic rings. The van der Waals surface area contributed by atoms with Crippen LogP contribution in [0.25, 0.3) is 17.2 Å². The first-order valence-electron chi connectivity index (χ1n) is 6.85. The Labute approximate surface area is 144 Å². The molecule has 0 spiro atoms. The van der Waals surface area contributed by atoms with Gasteiger partial charge in [0, 0.05) is 16.8 Å². The van der Waals surface area contributed by atoms with E-state index in [1.54, 1.807) is 13.0 Å². The van der Waals surface area contributed by atoms with Crippen molar-refractivity contribution in [3.8, 4) is 11.5 Å². The van der Waals surface area contributed by atoms with Crippen LogP contribution in [-0.4, -0.2) is 16.4 Å². The molecule has 0 aliphatic heterocycles.